The first kappa shape index (κ1) is 10.6. The SMILES string of the molecule is CC=CC(C)c1ccc(O)c(OC)c1. The lowest BCUT2D eigenvalue weighted by Gasteiger charge is -2.09. The van der Waals surface area contributed by atoms with E-state index in [1.54, 1.807) is 13.2 Å². The van der Waals surface area contributed by atoms with Gasteiger partial charge in [-0.25, -0.2) is 0 Å². The van der Waals surface area contributed by atoms with E-state index in [4.69, 9.17) is 4.74 Å². The van der Waals surface area contributed by atoms with Gasteiger partial charge in [0, 0.05) is 0 Å². The van der Waals surface area contributed by atoms with Gasteiger partial charge in [0.1, 0.15) is 0 Å². The number of hydrogen-bond donors (Lipinski definition) is 1. The van der Waals surface area contributed by atoms with Gasteiger partial charge in [-0.15, -0.1) is 0 Å². The number of rotatable bonds is 3. The van der Waals surface area contributed by atoms with E-state index < -0.39 is 0 Å². The van der Waals surface area contributed by atoms with Crippen LogP contribution in [0.5, 0.6) is 11.5 Å². The Kier molecular flexibility index (Phi) is 3.57. The van der Waals surface area contributed by atoms with Gasteiger partial charge in [-0.1, -0.05) is 25.1 Å². The van der Waals surface area contributed by atoms with Crippen LogP contribution >= 0.6 is 0 Å². The van der Waals surface area contributed by atoms with E-state index in [-0.39, 0.29) is 5.75 Å². The van der Waals surface area contributed by atoms with E-state index in [9.17, 15) is 5.11 Å². The second kappa shape index (κ2) is 4.70. The van der Waals surface area contributed by atoms with E-state index in [1.807, 2.05) is 25.1 Å². The number of methoxy groups -OCH3 is 1. The summed E-state index contributed by atoms with van der Waals surface area (Å²) >= 11 is 0. The van der Waals surface area contributed by atoms with Crippen LogP contribution in [0.3, 0.4) is 0 Å². The van der Waals surface area contributed by atoms with Crippen LogP contribution in [0, 0.1) is 0 Å². The molecule has 0 saturated carbocycles. The molecule has 0 radical (unpaired) electrons. The zero-order chi connectivity index (χ0) is 10.6. The molecule has 2 nitrogen and oxygen atoms in total. The molecule has 0 fully saturated rings. The largest absolute Gasteiger partial charge is 0.504 e. The Hall–Kier alpha value is -1.44. The number of phenolic OH excluding ortho intramolecular Hbond substituents is 1. The Labute approximate surface area is 84.8 Å². The maximum absolute atomic E-state index is 9.40. The third kappa shape index (κ3) is 2.28. The highest BCUT2D eigenvalue weighted by atomic mass is 16.5. The minimum Gasteiger partial charge on any atom is -0.504 e. The van der Waals surface area contributed by atoms with Gasteiger partial charge in [-0.2, -0.15) is 0 Å². The van der Waals surface area contributed by atoms with Crippen molar-refractivity contribution in [3.8, 4) is 11.5 Å². The summed E-state index contributed by atoms with van der Waals surface area (Å²) in [5, 5.41) is 9.40. The van der Waals surface area contributed by atoms with Crippen LogP contribution in [0.15, 0.2) is 30.4 Å². The van der Waals surface area contributed by atoms with E-state index in [1.165, 1.54) is 0 Å². The summed E-state index contributed by atoms with van der Waals surface area (Å²) in [6.45, 7) is 4.10. The summed E-state index contributed by atoms with van der Waals surface area (Å²) in [6.07, 6.45) is 4.12. The molecule has 0 heterocycles. The Morgan fingerprint density at radius 3 is 2.71 bits per heavy atom. The van der Waals surface area contributed by atoms with Gasteiger partial charge in [0.2, 0.25) is 0 Å². The molecule has 76 valence electrons. The topological polar surface area (TPSA) is 29.5 Å². The van der Waals surface area contributed by atoms with Crippen LogP contribution in [0.25, 0.3) is 0 Å². The molecule has 1 rings (SSSR count). The average molecular weight is 192 g/mol. The van der Waals surface area contributed by atoms with Gasteiger partial charge in [0.25, 0.3) is 0 Å². The third-order valence-electron chi connectivity index (χ3n) is 2.21. The van der Waals surface area contributed by atoms with Crippen molar-refractivity contribution in [1.82, 2.24) is 0 Å². The van der Waals surface area contributed by atoms with E-state index in [2.05, 4.69) is 13.0 Å². The first-order valence-electron chi connectivity index (χ1n) is 4.68. The van der Waals surface area contributed by atoms with Crippen molar-refractivity contribution >= 4 is 0 Å². The van der Waals surface area contributed by atoms with E-state index >= 15 is 0 Å². The second-order valence-electron chi connectivity index (χ2n) is 3.25. The molecule has 0 aliphatic heterocycles. The molecule has 2 heteroatoms. The summed E-state index contributed by atoms with van der Waals surface area (Å²) in [4.78, 5) is 0. The fourth-order valence-corrected chi connectivity index (χ4v) is 1.38. The Balaban J connectivity index is 2.99. The van der Waals surface area contributed by atoms with Crippen LogP contribution < -0.4 is 4.74 Å². The van der Waals surface area contributed by atoms with Gasteiger partial charge < -0.3 is 9.84 Å². The molecule has 1 unspecified atom stereocenters. The zero-order valence-electron chi connectivity index (χ0n) is 8.82. The average Bonchev–Trinajstić information content (AvgIpc) is 2.19. The number of hydrogen-bond acceptors (Lipinski definition) is 2. The zero-order valence-corrected chi connectivity index (χ0v) is 8.82. The molecule has 0 saturated heterocycles. The van der Waals surface area contributed by atoms with Crippen molar-refractivity contribution < 1.29 is 9.84 Å². The molecule has 0 aliphatic rings. The first-order valence-corrected chi connectivity index (χ1v) is 4.68. The molecule has 1 aromatic rings. The summed E-state index contributed by atoms with van der Waals surface area (Å²) in [5.41, 5.74) is 1.14. The van der Waals surface area contributed by atoms with Gasteiger partial charge >= 0.3 is 0 Å². The quantitative estimate of drug-likeness (QED) is 0.746. The van der Waals surface area contributed by atoms with Crippen LogP contribution in [0.1, 0.15) is 25.3 Å². The van der Waals surface area contributed by atoms with Crippen molar-refractivity contribution in [2.24, 2.45) is 0 Å². The van der Waals surface area contributed by atoms with Crippen molar-refractivity contribution in [3.05, 3.63) is 35.9 Å². The number of allylic oxidation sites excluding steroid dienone is 2. The molecular weight excluding hydrogens is 176 g/mol. The molecule has 0 spiro atoms. The monoisotopic (exact) mass is 192 g/mol. The summed E-state index contributed by atoms with van der Waals surface area (Å²) < 4.78 is 5.04. The summed E-state index contributed by atoms with van der Waals surface area (Å²) in [5.74, 6) is 1.05. The smallest absolute Gasteiger partial charge is 0.160 e. The number of benzene rings is 1. The highest BCUT2D eigenvalue weighted by Gasteiger charge is 2.06. The molecule has 0 aliphatic carbocycles. The van der Waals surface area contributed by atoms with Crippen LogP contribution in [0.2, 0.25) is 0 Å². The first-order chi connectivity index (χ1) is 6.69. The van der Waals surface area contributed by atoms with Gasteiger partial charge in [-0.05, 0) is 30.5 Å². The maximum Gasteiger partial charge on any atom is 0.160 e. The van der Waals surface area contributed by atoms with Crippen LogP contribution in [-0.2, 0) is 0 Å². The fourth-order valence-electron chi connectivity index (χ4n) is 1.38. The molecule has 1 atom stereocenters. The summed E-state index contributed by atoms with van der Waals surface area (Å²) in [6, 6.07) is 5.43. The lowest BCUT2D eigenvalue weighted by molar-refractivity contribution is 0.373. The molecular formula is C12H16O2. The molecule has 0 aromatic heterocycles. The number of ether oxygens (including phenoxy) is 1. The highest BCUT2D eigenvalue weighted by molar-refractivity contribution is 5.43. The standard InChI is InChI=1S/C12H16O2/c1-4-5-9(2)10-6-7-11(13)12(8-10)14-3/h4-9,13H,1-3H3. The number of aromatic hydroxyl groups is 1. The van der Waals surface area contributed by atoms with E-state index in [0.29, 0.717) is 11.7 Å². The van der Waals surface area contributed by atoms with E-state index in [0.717, 1.165) is 5.56 Å². The normalized spacial score (nSPS) is 13.1. The summed E-state index contributed by atoms with van der Waals surface area (Å²) in [7, 11) is 1.55. The van der Waals surface area contributed by atoms with Crippen molar-refractivity contribution in [2.45, 2.75) is 19.8 Å². The Morgan fingerprint density at radius 1 is 1.43 bits per heavy atom. The van der Waals surface area contributed by atoms with Crippen LogP contribution in [0.4, 0.5) is 0 Å². The van der Waals surface area contributed by atoms with Gasteiger partial charge in [-0.3, -0.25) is 0 Å². The molecule has 0 bridgehead atoms. The minimum atomic E-state index is 0.184. The molecule has 1 aromatic carbocycles. The van der Waals surface area contributed by atoms with Crippen molar-refractivity contribution in [1.29, 1.82) is 0 Å². The fraction of sp³-hybridized carbons (Fsp3) is 0.333. The Morgan fingerprint density at radius 2 is 2.14 bits per heavy atom. The molecule has 14 heavy (non-hydrogen) atoms. The minimum absolute atomic E-state index is 0.184. The molecule has 1 N–H and O–H groups in total. The second-order valence-corrected chi connectivity index (χ2v) is 3.25. The third-order valence-corrected chi connectivity index (χ3v) is 2.21. The molecule has 0 amide bonds. The van der Waals surface area contributed by atoms with Crippen molar-refractivity contribution in [3.63, 3.8) is 0 Å². The van der Waals surface area contributed by atoms with Gasteiger partial charge in [0.05, 0.1) is 7.11 Å². The van der Waals surface area contributed by atoms with Crippen LogP contribution in [-0.4, -0.2) is 12.2 Å². The highest BCUT2D eigenvalue weighted by Crippen LogP contribution is 2.29. The Bertz CT molecular complexity index is 329. The number of phenols is 1. The predicted octanol–water partition coefficient (Wildman–Crippen LogP) is 3.08. The maximum atomic E-state index is 9.40. The van der Waals surface area contributed by atoms with Crippen molar-refractivity contribution in [2.75, 3.05) is 7.11 Å². The lowest BCUT2D eigenvalue weighted by Crippen LogP contribution is -1.91. The van der Waals surface area contributed by atoms with Gasteiger partial charge in [0.15, 0.2) is 11.5 Å². The lowest BCUT2D eigenvalue weighted by atomic mass is 10.0. The predicted molar refractivity (Wildman–Crippen MR) is 57.9 cm³/mol.